The van der Waals surface area contributed by atoms with Crippen LogP contribution in [0.1, 0.15) is 12.0 Å². The highest BCUT2D eigenvalue weighted by molar-refractivity contribution is 5.76. The Labute approximate surface area is 121 Å². The molecule has 0 aromatic heterocycles. The van der Waals surface area contributed by atoms with Gasteiger partial charge in [-0.15, -0.1) is 0 Å². The van der Waals surface area contributed by atoms with E-state index in [-0.39, 0.29) is 24.6 Å². The van der Waals surface area contributed by atoms with Crippen LogP contribution in [0, 0.1) is 15.9 Å². The second kappa shape index (κ2) is 8.98. The molecule has 1 amide bonds. The van der Waals surface area contributed by atoms with E-state index in [2.05, 4.69) is 10.6 Å². The predicted octanol–water partition coefficient (Wildman–Crippen LogP) is 0.976. The minimum atomic E-state index is -0.654. The van der Waals surface area contributed by atoms with Gasteiger partial charge in [-0.2, -0.15) is 0 Å². The van der Waals surface area contributed by atoms with Gasteiger partial charge in [0, 0.05) is 39.2 Å². The van der Waals surface area contributed by atoms with Gasteiger partial charge in [0.25, 0.3) is 5.69 Å². The number of carbonyl (C=O) groups is 1. The minimum Gasteiger partial charge on any atom is -0.383 e. The first-order valence-electron chi connectivity index (χ1n) is 6.43. The Kier molecular flexibility index (Phi) is 7.27. The molecule has 0 bridgehead atoms. The Bertz CT molecular complexity index is 496. The maximum absolute atomic E-state index is 13.2. The van der Waals surface area contributed by atoms with Gasteiger partial charge in [-0.25, -0.2) is 4.39 Å². The van der Waals surface area contributed by atoms with E-state index in [1.807, 2.05) is 0 Å². The molecule has 2 N–H and O–H groups in total. The molecule has 1 rings (SSSR count). The molecule has 0 fully saturated rings. The van der Waals surface area contributed by atoms with E-state index >= 15 is 0 Å². The second-order valence-electron chi connectivity index (χ2n) is 4.34. The van der Waals surface area contributed by atoms with Crippen molar-refractivity contribution in [3.63, 3.8) is 0 Å². The highest BCUT2D eigenvalue weighted by atomic mass is 19.1. The zero-order valence-electron chi connectivity index (χ0n) is 11.7. The van der Waals surface area contributed by atoms with Crippen LogP contribution in [0.2, 0.25) is 0 Å². The van der Waals surface area contributed by atoms with E-state index in [1.165, 1.54) is 12.1 Å². The molecule has 21 heavy (non-hydrogen) atoms. The fourth-order valence-corrected chi connectivity index (χ4v) is 1.66. The summed E-state index contributed by atoms with van der Waals surface area (Å²) in [6, 6.07) is 3.39. The maximum atomic E-state index is 13.2. The number of halogens is 1. The molecule has 0 aliphatic rings. The SMILES string of the molecule is COCCNC(=O)CCNCc1cc(F)cc([N+](=O)[O-])c1. The molecule has 0 saturated carbocycles. The highest BCUT2D eigenvalue weighted by Crippen LogP contribution is 2.16. The Morgan fingerprint density at radius 2 is 2.14 bits per heavy atom. The summed E-state index contributed by atoms with van der Waals surface area (Å²) in [5.41, 5.74) is 0.172. The number of methoxy groups -OCH3 is 1. The van der Waals surface area contributed by atoms with Gasteiger partial charge in [0.1, 0.15) is 5.82 Å². The van der Waals surface area contributed by atoms with Gasteiger partial charge in [0.2, 0.25) is 5.91 Å². The van der Waals surface area contributed by atoms with E-state index in [0.717, 1.165) is 6.07 Å². The van der Waals surface area contributed by atoms with Crippen LogP contribution < -0.4 is 10.6 Å². The second-order valence-corrected chi connectivity index (χ2v) is 4.34. The number of non-ortho nitro benzene ring substituents is 1. The zero-order valence-corrected chi connectivity index (χ0v) is 11.7. The van der Waals surface area contributed by atoms with Crippen LogP contribution in [0.3, 0.4) is 0 Å². The average Bonchev–Trinajstić information content (AvgIpc) is 2.43. The van der Waals surface area contributed by atoms with Crippen LogP contribution in [-0.2, 0) is 16.1 Å². The van der Waals surface area contributed by atoms with Gasteiger partial charge < -0.3 is 15.4 Å². The van der Waals surface area contributed by atoms with Crippen molar-refractivity contribution in [2.24, 2.45) is 0 Å². The largest absolute Gasteiger partial charge is 0.383 e. The van der Waals surface area contributed by atoms with E-state index in [1.54, 1.807) is 7.11 Å². The molecule has 0 unspecified atom stereocenters. The summed E-state index contributed by atoms with van der Waals surface area (Å²) in [6.45, 7) is 1.55. The first-order valence-corrected chi connectivity index (χ1v) is 6.43. The standard InChI is InChI=1S/C13H18FN3O4/c1-21-5-4-16-13(18)2-3-15-9-10-6-11(14)8-12(7-10)17(19)20/h6-8,15H,2-5,9H2,1H3,(H,16,18). The van der Waals surface area contributed by atoms with Gasteiger partial charge in [0.05, 0.1) is 17.6 Å². The number of nitrogens with one attached hydrogen (secondary N) is 2. The highest BCUT2D eigenvalue weighted by Gasteiger charge is 2.09. The van der Waals surface area contributed by atoms with Crippen molar-refractivity contribution in [2.75, 3.05) is 26.8 Å². The van der Waals surface area contributed by atoms with Crippen LogP contribution in [0.4, 0.5) is 10.1 Å². The lowest BCUT2D eigenvalue weighted by molar-refractivity contribution is -0.385. The third-order valence-electron chi connectivity index (χ3n) is 2.64. The van der Waals surface area contributed by atoms with Crippen molar-refractivity contribution in [2.45, 2.75) is 13.0 Å². The summed E-state index contributed by atoms with van der Waals surface area (Å²) in [4.78, 5) is 21.3. The number of benzene rings is 1. The van der Waals surface area contributed by atoms with Crippen molar-refractivity contribution in [3.05, 3.63) is 39.7 Å². The lowest BCUT2D eigenvalue weighted by Crippen LogP contribution is -2.29. The van der Waals surface area contributed by atoms with Gasteiger partial charge in [-0.1, -0.05) is 0 Å². The summed E-state index contributed by atoms with van der Waals surface area (Å²) in [6.07, 6.45) is 0.265. The predicted molar refractivity (Wildman–Crippen MR) is 74.3 cm³/mol. The minimum absolute atomic E-state index is 0.121. The van der Waals surface area contributed by atoms with Crippen molar-refractivity contribution in [3.8, 4) is 0 Å². The third-order valence-corrected chi connectivity index (χ3v) is 2.64. The first-order chi connectivity index (χ1) is 10.0. The number of hydrogen-bond donors (Lipinski definition) is 2. The fraction of sp³-hybridized carbons (Fsp3) is 0.462. The molecule has 116 valence electrons. The first kappa shape index (κ1) is 17.0. The van der Waals surface area contributed by atoms with Crippen LogP contribution >= 0.6 is 0 Å². The smallest absolute Gasteiger partial charge is 0.272 e. The van der Waals surface area contributed by atoms with Gasteiger partial charge in [-0.05, 0) is 11.6 Å². The number of ether oxygens (including phenoxy) is 1. The van der Waals surface area contributed by atoms with E-state index < -0.39 is 10.7 Å². The van der Waals surface area contributed by atoms with Crippen molar-refractivity contribution in [1.29, 1.82) is 0 Å². The molecule has 7 nitrogen and oxygen atoms in total. The molecular formula is C13H18FN3O4. The van der Waals surface area contributed by atoms with Crippen molar-refractivity contribution < 1.29 is 18.8 Å². The molecular weight excluding hydrogens is 281 g/mol. The summed E-state index contributed by atoms with van der Waals surface area (Å²) in [7, 11) is 1.55. The topological polar surface area (TPSA) is 93.5 Å². The number of rotatable bonds is 9. The van der Waals surface area contributed by atoms with Crippen LogP contribution in [-0.4, -0.2) is 37.6 Å². The Balaban J connectivity index is 2.32. The van der Waals surface area contributed by atoms with Crippen LogP contribution in [0.25, 0.3) is 0 Å². The number of carbonyl (C=O) groups excluding carboxylic acids is 1. The van der Waals surface area contributed by atoms with E-state index in [0.29, 0.717) is 25.3 Å². The molecule has 1 aromatic carbocycles. The monoisotopic (exact) mass is 299 g/mol. The zero-order chi connectivity index (χ0) is 15.7. The normalized spacial score (nSPS) is 10.4. The molecule has 0 aliphatic heterocycles. The average molecular weight is 299 g/mol. The maximum Gasteiger partial charge on any atom is 0.272 e. The molecule has 0 radical (unpaired) electrons. The third kappa shape index (κ3) is 6.77. The molecule has 1 aromatic rings. The summed E-state index contributed by atoms with van der Waals surface area (Å²) < 4.78 is 18.0. The Hall–Kier alpha value is -2.06. The number of hydrogen-bond acceptors (Lipinski definition) is 5. The number of nitro benzene ring substituents is 1. The van der Waals surface area contributed by atoms with Crippen molar-refractivity contribution in [1.82, 2.24) is 10.6 Å². The Morgan fingerprint density at radius 3 is 2.81 bits per heavy atom. The molecule has 0 aliphatic carbocycles. The summed E-state index contributed by atoms with van der Waals surface area (Å²) in [5, 5.41) is 16.2. The number of nitro groups is 1. The van der Waals surface area contributed by atoms with Gasteiger partial charge in [0.15, 0.2) is 0 Å². The van der Waals surface area contributed by atoms with Crippen molar-refractivity contribution >= 4 is 11.6 Å². The van der Waals surface area contributed by atoms with E-state index in [9.17, 15) is 19.3 Å². The summed E-state index contributed by atoms with van der Waals surface area (Å²) >= 11 is 0. The molecule has 8 heteroatoms. The number of nitrogens with zero attached hydrogens (tertiary/aromatic N) is 1. The fourth-order valence-electron chi connectivity index (χ4n) is 1.66. The van der Waals surface area contributed by atoms with Gasteiger partial charge >= 0.3 is 0 Å². The quantitative estimate of drug-likeness (QED) is 0.403. The lowest BCUT2D eigenvalue weighted by Gasteiger charge is -2.06. The summed E-state index contributed by atoms with van der Waals surface area (Å²) in [5.74, 6) is -0.775. The van der Waals surface area contributed by atoms with Gasteiger partial charge in [-0.3, -0.25) is 14.9 Å². The van der Waals surface area contributed by atoms with Crippen LogP contribution in [0.5, 0.6) is 0 Å². The molecule has 0 heterocycles. The molecule has 0 saturated heterocycles. The molecule has 0 atom stereocenters. The lowest BCUT2D eigenvalue weighted by atomic mass is 10.2. The number of amides is 1. The molecule has 0 spiro atoms. The van der Waals surface area contributed by atoms with E-state index in [4.69, 9.17) is 4.74 Å². The van der Waals surface area contributed by atoms with Crippen LogP contribution in [0.15, 0.2) is 18.2 Å². The Morgan fingerprint density at radius 1 is 1.38 bits per heavy atom.